The molecule has 0 spiro atoms. The molecule has 0 heterocycles. The van der Waals surface area contributed by atoms with Gasteiger partial charge < -0.3 is 25.3 Å². The third kappa shape index (κ3) is 12.6. The number of ether oxygens (including phenoxy) is 2. The van der Waals surface area contributed by atoms with Gasteiger partial charge in [-0.2, -0.15) is 0 Å². The Morgan fingerprint density at radius 3 is 2.33 bits per heavy atom. The Labute approximate surface area is 106 Å². The third-order valence-corrected chi connectivity index (χ3v) is 1.89. The number of ketones is 1. The summed E-state index contributed by atoms with van der Waals surface area (Å²) in [5.41, 5.74) is 4.86. The van der Waals surface area contributed by atoms with E-state index in [0.29, 0.717) is 19.8 Å². The zero-order valence-corrected chi connectivity index (χ0v) is 10.6. The van der Waals surface area contributed by atoms with Crippen LogP contribution in [-0.4, -0.2) is 50.6 Å². The Kier molecular flexibility index (Phi) is 9.80. The van der Waals surface area contributed by atoms with Crippen LogP contribution in [0.2, 0.25) is 0 Å². The van der Waals surface area contributed by atoms with Gasteiger partial charge in [-0.1, -0.05) is 0 Å². The lowest BCUT2D eigenvalue weighted by Gasteiger charge is -2.06. The van der Waals surface area contributed by atoms with Gasteiger partial charge in [0.15, 0.2) is 0 Å². The largest absolute Gasteiger partial charge is 0.377 e. The first kappa shape index (κ1) is 16.5. The van der Waals surface area contributed by atoms with Crippen molar-refractivity contribution in [3.05, 3.63) is 0 Å². The number of Topliss-reactive ketones (excluding diaryl/α,β-unsaturated/α-hetero) is 1. The number of rotatable bonds is 11. The van der Waals surface area contributed by atoms with Crippen molar-refractivity contribution in [1.29, 1.82) is 0 Å². The van der Waals surface area contributed by atoms with Crippen molar-refractivity contribution < 1.29 is 23.9 Å². The summed E-state index contributed by atoms with van der Waals surface area (Å²) in [5, 5.41) is 2.62. The second kappa shape index (κ2) is 10.7. The number of hydrogen-bond acceptors (Lipinski definition) is 5. The SMILES string of the molecule is CC(=O)CCC(=O)NCCOCCOCC(N)=O. The van der Waals surface area contributed by atoms with Crippen molar-refractivity contribution in [3.63, 3.8) is 0 Å². The summed E-state index contributed by atoms with van der Waals surface area (Å²) >= 11 is 0. The summed E-state index contributed by atoms with van der Waals surface area (Å²) in [7, 11) is 0. The fourth-order valence-electron chi connectivity index (χ4n) is 1.03. The van der Waals surface area contributed by atoms with Crippen LogP contribution in [0.25, 0.3) is 0 Å². The van der Waals surface area contributed by atoms with Gasteiger partial charge >= 0.3 is 0 Å². The molecule has 0 aliphatic heterocycles. The minimum Gasteiger partial charge on any atom is -0.377 e. The molecule has 0 bridgehead atoms. The van der Waals surface area contributed by atoms with E-state index in [1.807, 2.05) is 0 Å². The number of amides is 2. The van der Waals surface area contributed by atoms with E-state index < -0.39 is 5.91 Å². The van der Waals surface area contributed by atoms with Gasteiger partial charge in [-0.15, -0.1) is 0 Å². The van der Waals surface area contributed by atoms with Crippen LogP contribution < -0.4 is 11.1 Å². The van der Waals surface area contributed by atoms with E-state index in [2.05, 4.69) is 5.32 Å². The lowest BCUT2D eigenvalue weighted by atomic mass is 10.2. The lowest BCUT2D eigenvalue weighted by molar-refractivity contribution is -0.125. The van der Waals surface area contributed by atoms with Gasteiger partial charge in [0, 0.05) is 19.4 Å². The van der Waals surface area contributed by atoms with Crippen molar-refractivity contribution in [2.45, 2.75) is 19.8 Å². The molecule has 0 saturated carbocycles. The number of carbonyl (C=O) groups is 3. The normalized spacial score (nSPS) is 10.1. The fourth-order valence-corrected chi connectivity index (χ4v) is 1.03. The molecule has 7 heteroatoms. The molecule has 0 aliphatic carbocycles. The maximum atomic E-state index is 11.2. The Balaban J connectivity index is 3.22. The average molecular weight is 260 g/mol. The molecule has 0 unspecified atom stereocenters. The highest BCUT2D eigenvalue weighted by molar-refractivity contribution is 5.83. The van der Waals surface area contributed by atoms with Crippen LogP contribution in [0.1, 0.15) is 19.8 Å². The number of carbonyl (C=O) groups excluding carboxylic acids is 3. The van der Waals surface area contributed by atoms with Crippen molar-refractivity contribution in [2.75, 3.05) is 33.0 Å². The first-order valence-electron chi connectivity index (χ1n) is 5.72. The molecular formula is C11H20N2O5. The van der Waals surface area contributed by atoms with Crippen LogP contribution >= 0.6 is 0 Å². The summed E-state index contributed by atoms with van der Waals surface area (Å²) < 4.78 is 10.00. The van der Waals surface area contributed by atoms with Crippen molar-refractivity contribution in [3.8, 4) is 0 Å². The van der Waals surface area contributed by atoms with Crippen molar-refractivity contribution in [2.24, 2.45) is 5.73 Å². The highest BCUT2D eigenvalue weighted by atomic mass is 16.5. The summed E-state index contributed by atoms with van der Waals surface area (Å²) in [5.74, 6) is -0.695. The van der Waals surface area contributed by atoms with Crippen LogP contribution in [0.4, 0.5) is 0 Å². The Bertz CT molecular complexity index is 281. The molecule has 0 atom stereocenters. The smallest absolute Gasteiger partial charge is 0.243 e. The summed E-state index contributed by atoms with van der Waals surface area (Å²) in [4.78, 5) is 32.1. The molecule has 0 rings (SSSR count). The predicted octanol–water partition coefficient (Wildman–Crippen LogP) is -1.01. The standard InChI is InChI=1S/C11H20N2O5/c1-9(14)2-3-11(16)13-4-5-17-6-7-18-8-10(12)15/h2-8H2,1H3,(H2,12,15)(H,13,16). The highest BCUT2D eigenvalue weighted by Crippen LogP contribution is 1.89. The van der Waals surface area contributed by atoms with Crippen LogP contribution in [0.5, 0.6) is 0 Å². The summed E-state index contributed by atoms with van der Waals surface area (Å²) in [6.07, 6.45) is 0.463. The second-order valence-corrected chi connectivity index (χ2v) is 3.68. The molecule has 0 radical (unpaired) electrons. The van der Waals surface area contributed by atoms with Gasteiger partial charge in [0.1, 0.15) is 12.4 Å². The minimum atomic E-state index is -0.521. The van der Waals surface area contributed by atoms with Crippen molar-refractivity contribution >= 4 is 17.6 Å². The van der Waals surface area contributed by atoms with E-state index in [1.54, 1.807) is 0 Å². The molecule has 18 heavy (non-hydrogen) atoms. The Morgan fingerprint density at radius 2 is 1.72 bits per heavy atom. The third-order valence-electron chi connectivity index (χ3n) is 1.89. The molecule has 0 fully saturated rings. The maximum absolute atomic E-state index is 11.2. The molecule has 0 saturated heterocycles. The molecule has 2 amide bonds. The van der Waals surface area contributed by atoms with E-state index in [1.165, 1.54) is 6.92 Å². The van der Waals surface area contributed by atoms with Gasteiger partial charge in [-0.3, -0.25) is 9.59 Å². The predicted molar refractivity (Wildman–Crippen MR) is 63.8 cm³/mol. The Morgan fingerprint density at radius 1 is 1.06 bits per heavy atom. The van der Waals surface area contributed by atoms with Gasteiger partial charge in [0.2, 0.25) is 11.8 Å². The van der Waals surface area contributed by atoms with Crippen molar-refractivity contribution in [1.82, 2.24) is 5.32 Å². The van der Waals surface area contributed by atoms with E-state index >= 15 is 0 Å². The number of nitrogens with one attached hydrogen (secondary N) is 1. The van der Waals surface area contributed by atoms with Crippen LogP contribution in [0, 0.1) is 0 Å². The van der Waals surface area contributed by atoms with E-state index in [-0.39, 0.29) is 37.7 Å². The minimum absolute atomic E-state index is 0.00648. The summed E-state index contributed by atoms with van der Waals surface area (Å²) in [6, 6.07) is 0. The van der Waals surface area contributed by atoms with Crippen LogP contribution in [0.3, 0.4) is 0 Å². The second-order valence-electron chi connectivity index (χ2n) is 3.68. The molecule has 7 nitrogen and oxygen atoms in total. The first-order chi connectivity index (χ1) is 8.52. The molecule has 0 aliphatic rings. The number of nitrogens with two attached hydrogens (primary N) is 1. The van der Waals surface area contributed by atoms with Gasteiger partial charge in [0.25, 0.3) is 0 Å². The van der Waals surface area contributed by atoms with Gasteiger partial charge in [0.05, 0.1) is 19.8 Å². The zero-order valence-electron chi connectivity index (χ0n) is 10.6. The van der Waals surface area contributed by atoms with E-state index in [0.717, 1.165) is 0 Å². The molecule has 104 valence electrons. The number of hydrogen-bond donors (Lipinski definition) is 2. The quantitative estimate of drug-likeness (QED) is 0.463. The molecule has 3 N–H and O–H groups in total. The zero-order chi connectivity index (χ0) is 13.8. The number of primary amides is 1. The molecule has 0 aromatic carbocycles. The van der Waals surface area contributed by atoms with Gasteiger partial charge in [-0.05, 0) is 6.92 Å². The molecular weight excluding hydrogens is 240 g/mol. The van der Waals surface area contributed by atoms with Crippen LogP contribution in [0.15, 0.2) is 0 Å². The average Bonchev–Trinajstić information content (AvgIpc) is 2.29. The highest BCUT2D eigenvalue weighted by Gasteiger charge is 2.02. The maximum Gasteiger partial charge on any atom is 0.243 e. The molecule has 0 aromatic heterocycles. The van der Waals surface area contributed by atoms with Crippen LogP contribution in [-0.2, 0) is 23.9 Å². The van der Waals surface area contributed by atoms with Gasteiger partial charge in [-0.25, -0.2) is 0 Å². The Hall–Kier alpha value is -1.47. The lowest BCUT2D eigenvalue weighted by Crippen LogP contribution is -2.28. The fraction of sp³-hybridized carbons (Fsp3) is 0.727. The first-order valence-corrected chi connectivity index (χ1v) is 5.72. The van der Waals surface area contributed by atoms with E-state index in [4.69, 9.17) is 15.2 Å². The summed E-state index contributed by atoms with van der Waals surface area (Å²) in [6.45, 7) is 2.67. The topological polar surface area (TPSA) is 108 Å². The molecule has 0 aromatic rings. The monoisotopic (exact) mass is 260 g/mol. The van der Waals surface area contributed by atoms with E-state index in [9.17, 15) is 14.4 Å².